The predicted molar refractivity (Wildman–Crippen MR) is 142 cm³/mol. The number of pyridine rings is 1. The summed E-state index contributed by atoms with van der Waals surface area (Å²) in [4.78, 5) is 29.5. The number of carbonyl (C=O) groups excluding carboxylic acids is 1. The number of nitrogens with zero attached hydrogens (tertiary/aromatic N) is 2. The van der Waals surface area contributed by atoms with Crippen LogP contribution in [0.15, 0.2) is 71.7 Å². The summed E-state index contributed by atoms with van der Waals surface area (Å²) < 4.78 is 7.68. The van der Waals surface area contributed by atoms with Crippen molar-refractivity contribution in [3.05, 3.63) is 88.3 Å². The molecule has 0 atom stereocenters. The van der Waals surface area contributed by atoms with E-state index in [-0.39, 0.29) is 5.56 Å². The summed E-state index contributed by atoms with van der Waals surface area (Å²) in [7, 11) is 0. The lowest BCUT2D eigenvalue weighted by molar-refractivity contribution is 0.102. The molecule has 1 fully saturated rings. The molecule has 2 heterocycles. The number of H-pyrrole nitrogens is 1. The topological polar surface area (TPSA) is 89.0 Å². The van der Waals surface area contributed by atoms with Gasteiger partial charge in [0.05, 0.1) is 18.3 Å². The zero-order valence-corrected chi connectivity index (χ0v) is 20.6. The number of unbranched alkanes of at least 4 members (excludes halogenated alkanes) is 1. The first kappa shape index (κ1) is 23.6. The SMILES string of the molecule is CCCCOc1ccc(-c2cc(-c3ccn(C4CC4)n3)c(C(=O)Nc3ccc(C)cc3)c(=O)[nH]2)cc1. The van der Waals surface area contributed by atoms with E-state index in [1.165, 1.54) is 0 Å². The molecule has 1 amide bonds. The van der Waals surface area contributed by atoms with Crippen molar-refractivity contribution in [1.29, 1.82) is 0 Å². The van der Waals surface area contributed by atoms with Crippen LogP contribution in [-0.4, -0.2) is 27.3 Å². The van der Waals surface area contributed by atoms with Gasteiger partial charge in [-0.25, -0.2) is 0 Å². The molecule has 0 radical (unpaired) electrons. The van der Waals surface area contributed by atoms with E-state index in [0.29, 0.717) is 35.3 Å². The van der Waals surface area contributed by atoms with Crippen LogP contribution in [0.5, 0.6) is 5.75 Å². The summed E-state index contributed by atoms with van der Waals surface area (Å²) in [5.74, 6) is 0.314. The molecule has 2 aromatic heterocycles. The number of hydrogen-bond donors (Lipinski definition) is 2. The van der Waals surface area contributed by atoms with Crippen LogP contribution in [0.2, 0.25) is 0 Å². The number of aromatic amines is 1. The lowest BCUT2D eigenvalue weighted by atomic mass is 10.0. The zero-order chi connectivity index (χ0) is 25.1. The fraction of sp³-hybridized carbons (Fsp3) is 0.276. The van der Waals surface area contributed by atoms with Gasteiger partial charge in [-0.2, -0.15) is 5.10 Å². The molecule has 4 aromatic rings. The smallest absolute Gasteiger partial charge is 0.261 e. The Balaban J connectivity index is 1.51. The molecule has 0 unspecified atom stereocenters. The number of benzene rings is 2. The van der Waals surface area contributed by atoms with Gasteiger partial charge in [-0.05, 0) is 80.3 Å². The Hall–Kier alpha value is -4.13. The van der Waals surface area contributed by atoms with Crippen molar-refractivity contribution in [3.8, 4) is 28.3 Å². The lowest BCUT2D eigenvalue weighted by Gasteiger charge is -2.12. The maximum atomic E-state index is 13.3. The lowest BCUT2D eigenvalue weighted by Crippen LogP contribution is -2.25. The Bertz CT molecular complexity index is 1410. The van der Waals surface area contributed by atoms with Crippen molar-refractivity contribution in [3.63, 3.8) is 0 Å². The maximum Gasteiger partial charge on any atom is 0.261 e. The van der Waals surface area contributed by atoms with Crippen LogP contribution in [0.4, 0.5) is 5.69 Å². The van der Waals surface area contributed by atoms with E-state index in [0.717, 1.165) is 42.6 Å². The Kier molecular flexibility index (Phi) is 6.71. The first-order chi connectivity index (χ1) is 17.5. The van der Waals surface area contributed by atoms with Crippen molar-refractivity contribution >= 4 is 11.6 Å². The number of aryl methyl sites for hydroxylation is 1. The minimum Gasteiger partial charge on any atom is -0.494 e. The van der Waals surface area contributed by atoms with Gasteiger partial charge < -0.3 is 15.0 Å². The summed E-state index contributed by atoms with van der Waals surface area (Å²) in [6.07, 6.45) is 6.17. The molecule has 0 aliphatic heterocycles. The van der Waals surface area contributed by atoms with Crippen molar-refractivity contribution in [2.75, 3.05) is 11.9 Å². The molecule has 0 saturated heterocycles. The van der Waals surface area contributed by atoms with Crippen LogP contribution in [0.1, 0.15) is 54.6 Å². The second-order valence-electron chi connectivity index (χ2n) is 9.26. The highest BCUT2D eigenvalue weighted by Crippen LogP contribution is 2.35. The first-order valence-electron chi connectivity index (χ1n) is 12.5. The van der Waals surface area contributed by atoms with E-state index < -0.39 is 11.5 Å². The molecule has 2 aromatic carbocycles. The molecule has 5 rings (SSSR count). The third kappa shape index (κ3) is 5.25. The maximum absolute atomic E-state index is 13.3. The molecule has 0 spiro atoms. The standard InChI is InChI=1S/C29H30N4O3/c1-3-4-17-36-23-13-7-20(8-14-23)26-18-24(25-15-16-33(32-25)22-11-12-22)27(29(35)31-26)28(34)30-21-9-5-19(2)6-10-21/h5-10,13-16,18,22H,3-4,11-12,17H2,1-2H3,(H,30,34)(H,31,35). The number of aromatic nitrogens is 3. The number of anilines is 1. The summed E-state index contributed by atoms with van der Waals surface area (Å²) in [6, 6.07) is 19.2. The normalized spacial score (nSPS) is 12.9. The van der Waals surface area contributed by atoms with E-state index in [1.54, 1.807) is 0 Å². The van der Waals surface area contributed by atoms with Crippen molar-refractivity contribution in [1.82, 2.24) is 14.8 Å². The monoisotopic (exact) mass is 482 g/mol. The molecule has 7 nitrogen and oxygen atoms in total. The van der Waals surface area contributed by atoms with E-state index in [9.17, 15) is 9.59 Å². The Morgan fingerprint density at radius 3 is 2.56 bits per heavy atom. The van der Waals surface area contributed by atoms with Crippen LogP contribution in [0, 0.1) is 6.92 Å². The summed E-state index contributed by atoms with van der Waals surface area (Å²) >= 11 is 0. The van der Waals surface area contributed by atoms with Crippen LogP contribution in [0.25, 0.3) is 22.5 Å². The Morgan fingerprint density at radius 1 is 1.11 bits per heavy atom. The van der Waals surface area contributed by atoms with Crippen molar-refractivity contribution in [2.24, 2.45) is 0 Å². The number of ether oxygens (including phenoxy) is 1. The number of nitrogens with one attached hydrogen (secondary N) is 2. The van der Waals surface area contributed by atoms with Gasteiger partial charge >= 0.3 is 0 Å². The van der Waals surface area contributed by atoms with Gasteiger partial charge in [0.2, 0.25) is 0 Å². The average molecular weight is 483 g/mol. The van der Waals surface area contributed by atoms with E-state index in [4.69, 9.17) is 9.84 Å². The van der Waals surface area contributed by atoms with Gasteiger partial charge in [-0.1, -0.05) is 31.0 Å². The molecule has 184 valence electrons. The molecule has 1 aliphatic rings. The highest BCUT2D eigenvalue weighted by molar-refractivity contribution is 6.08. The zero-order valence-electron chi connectivity index (χ0n) is 20.6. The van der Waals surface area contributed by atoms with E-state index in [1.807, 2.05) is 78.5 Å². The molecule has 36 heavy (non-hydrogen) atoms. The van der Waals surface area contributed by atoms with Crippen LogP contribution >= 0.6 is 0 Å². The van der Waals surface area contributed by atoms with Crippen molar-refractivity contribution in [2.45, 2.75) is 45.6 Å². The van der Waals surface area contributed by atoms with Gasteiger partial charge in [0, 0.05) is 23.1 Å². The van der Waals surface area contributed by atoms with Crippen LogP contribution in [-0.2, 0) is 0 Å². The van der Waals surface area contributed by atoms with Gasteiger partial charge in [0.1, 0.15) is 11.3 Å². The van der Waals surface area contributed by atoms with Gasteiger partial charge in [-0.3, -0.25) is 14.3 Å². The third-order valence-electron chi connectivity index (χ3n) is 6.31. The summed E-state index contributed by atoms with van der Waals surface area (Å²) in [5.41, 5.74) is 3.83. The van der Waals surface area contributed by atoms with Gasteiger partial charge in [-0.15, -0.1) is 0 Å². The summed E-state index contributed by atoms with van der Waals surface area (Å²) in [5, 5.41) is 7.56. The second-order valence-corrected chi connectivity index (χ2v) is 9.26. The molecule has 0 bridgehead atoms. The Morgan fingerprint density at radius 2 is 1.86 bits per heavy atom. The second kappa shape index (κ2) is 10.2. The van der Waals surface area contributed by atoms with Gasteiger partial charge in [0.25, 0.3) is 11.5 Å². The van der Waals surface area contributed by atoms with E-state index >= 15 is 0 Å². The fourth-order valence-corrected chi connectivity index (χ4v) is 4.06. The molecule has 7 heteroatoms. The number of amides is 1. The first-order valence-corrected chi connectivity index (χ1v) is 12.5. The molecule has 1 saturated carbocycles. The van der Waals surface area contributed by atoms with Crippen LogP contribution < -0.4 is 15.6 Å². The quantitative estimate of drug-likeness (QED) is 0.287. The average Bonchev–Trinajstić information content (AvgIpc) is 3.62. The highest BCUT2D eigenvalue weighted by Gasteiger charge is 2.26. The third-order valence-corrected chi connectivity index (χ3v) is 6.31. The number of rotatable bonds is 9. The predicted octanol–water partition coefficient (Wildman–Crippen LogP) is 5.98. The van der Waals surface area contributed by atoms with Crippen molar-refractivity contribution < 1.29 is 9.53 Å². The minimum atomic E-state index is -0.470. The molecule has 1 aliphatic carbocycles. The van der Waals surface area contributed by atoms with E-state index in [2.05, 4.69) is 17.2 Å². The Labute approximate surface area is 210 Å². The van der Waals surface area contributed by atoms with Gasteiger partial charge in [0.15, 0.2) is 0 Å². The minimum absolute atomic E-state index is 0.0416. The highest BCUT2D eigenvalue weighted by atomic mass is 16.5. The molecule has 2 N–H and O–H groups in total. The molecular formula is C29H30N4O3. The molecular weight excluding hydrogens is 452 g/mol. The van der Waals surface area contributed by atoms with Crippen LogP contribution in [0.3, 0.4) is 0 Å². The largest absolute Gasteiger partial charge is 0.494 e. The number of hydrogen-bond acceptors (Lipinski definition) is 4. The summed E-state index contributed by atoms with van der Waals surface area (Å²) in [6.45, 7) is 4.78. The number of carbonyl (C=O) groups is 1. The fourth-order valence-electron chi connectivity index (χ4n) is 4.06.